The van der Waals surface area contributed by atoms with E-state index >= 15 is 0 Å². The van der Waals surface area contributed by atoms with Crippen LogP contribution in [0.15, 0.2) is 41.3 Å². The zero-order valence-electron chi connectivity index (χ0n) is 12.7. The smallest absolute Gasteiger partial charge is 0.161 e. The van der Waals surface area contributed by atoms with Gasteiger partial charge in [0.2, 0.25) is 0 Å². The lowest BCUT2D eigenvalue weighted by Crippen LogP contribution is -2.24. The minimum Gasteiger partial charge on any atom is -0.486 e. The summed E-state index contributed by atoms with van der Waals surface area (Å²) in [5.74, 6) is 2.50. The van der Waals surface area contributed by atoms with E-state index < -0.39 is 0 Å². The third-order valence-corrected chi connectivity index (χ3v) is 5.29. The Labute approximate surface area is 139 Å². The quantitative estimate of drug-likeness (QED) is 0.923. The van der Waals surface area contributed by atoms with Gasteiger partial charge >= 0.3 is 0 Å². The molecule has 2 aromatic rings. The molecule has 0 saturated heterocycles. The molecule has 0 fully saturated rings. The Morgan fingerprint density at radius 3 is 2.87 bits per heavy atom. The predicted octanol–water partition coefficient (Wildman–Crippen LogP) is 3.92. The summed E-state index contributed by atoms with van der Waals surface area (Å²) in [4.78, 5) is 1.18. The molecule has 2 heterocycles. The Bertz CT molecular complexity index is 722. The standard InChI is InChI=1S/C18H18FNO2S/c19-13-2-4-18-14(10-13)15(5-8-23-18)20-11-12-1-3-16-17(9-12)22-7-6-21-16/h1-4,9-10,15,20H,5-8,11H2. The van der Waals surface area contributed by atoms with E-state index in [0.29, 0.717) is 13.2 Å². The third-order valence-electron chi connectivity index (χ3n) is 4.17. The van der Waals surface area contributed by atoms with Crippen LogP contribution >= 0.6 is 11.8 Å². The van der Waals surface area contributed by atoms with Crippen LogP contribution in [0.25, 0.3) is 0 Å². The molecule has 1 unspecified atom stereocenters. The van der Waals surface area contributed by atoms with Gasteiger partial charge in [0, 0.05) is 17.5 Å². The fourth-order valence-corrected chi connectivity index (χ4v) is 4.12. The van der Waals surface area contributed by atoms with Gasteiger partial charge in [0.1, 0.15) is 19.0 Å². The summed E-state index contributed by atoms with van der Waals surface area (Å²) in [7, 11) is 0. The van der Waals surface area contributed by atoms with Crippen LogP contribution in [0.5, 0.6) is 11.5 Å². The summed E-state index contributed by atoms with van der Waals surface area (Å²) >= 11 is 1.80. The second-order valence-electron chi connectivity index (χ2n) is 5.73. The largest absolute Gasteiger partial charge is 0.486 e. The number of fused-ring (bicyclic) bond motifs is 2. The van der Waals surface area contributed by atoms with Crippen LogP contribution < -0.4 is 14.8 Å². The molecule has 2 aliphatic heterocycles. The lowest BCUT2D eigenvalue weighted by Gasteiger charge is -2.26. The molecule has 2 aliphatic rings. The van der Waals surface area contributed by atoms with Gasteiger partial charge in [-0.1, -0.05) is 6.07 Å². The second-order valence-corrected chi connectivity index (χ2v) is 6.87. The van der Waals surface area contributed by atoms with E-state index in [1.54, 1.807) is 17.8 Å². The second kappa shape index (κ2) is 6.42. The van der Waals surface area contributed by atoms with Crippen molar-refractivity contribution >= 4 is 11.8 Å². The van der Waals surface area contributed by atoms with Crippen molar-refractivity contribution in [3.63, 3.8) is 0 Å². The Kier molecular flexibility index (Phi) is 4.14. The first-order chi connectivity index (χ1) is 11.3. The van der Waals surface area contributed by atoms with Crippen LogP contribution in [-0.2, 0) is 6.54 Å². The van der Waals surface area contributed by atoms with E-state index in [4.69, 9.17) is 9.47 Å². The number of thioether (sulfide) groups is 1. The molecule has 0 bridgehead atoms. The van der Waals surface area contributed by atoms with Crippen LogP contribution in [0.2, 0.25) is 0 Å². The van der Waals surface area contributed by atoms with Gasteiger partial charge in [0.25, 0.3) is 0 Å². The van der Waals surface area contributed by atoms with Crippen molar-refractivity contribution in [3.8, 4) is 11.5 Å². The van der Waals surface area contributed by atoms with Gasteiger partial charge in [-0.2, -0.15) is 0 Å². The predicted molar refractivity (Wildman–Crippen MR) is 88.8 cm³/mol. The molecule has 5 heteroatoms. The van der Waals surface area contributed by atoms with Crippen molar-refractivity contribution in [2.75, 3.05) is 19.0 Å². The first-order valence-corrected chi connectivity index (χ1v) is 8.82. The fraction of sp³-hybridized carbons (Fsp3) is 0.333. The summed E-state index contributed by atoms with van der Waals surface area (Å²) in [6.45, 7) is 1.92. The molecule has 1 N–H and O–H groups in total. The van der Waals surface area contributed by atoms with Gasteiger partial charge in [-0.15, -0.1) is 11.8 Å². The summed E-state index contributed by atoms with van der Waals surface area (Å²) in [5.41, 5.74) is 2.21. The Morgan fingerprint density at radius 1 is 1.09 bits per heavy atom. The topological polar surface area (TPSA) is 30.5 Å². The molecular formula is C18H18FNO2S. The van der Waals surface area contributed by atoms with Crippen molar-refractivity contribution in [2.24, 2.45) is 0 Å². The molecule has 0 amide bonds. The number of ether oxygens (including phenoxy) is 2. The highest BCUT2D eigenvalue weighted by molar-refractivity contribution is 7.99. The summed E-state index contributed by atoms with van der Waals surface area (Å²) < 4.78 is 24.7. The molecular weight excluding hydrogens is 313 g/mol. The molecule has 0 aromatic heterocycles. The minimum atomic E-state index is -0.169. The number of nitrogens with one attached hydrogen (secondary N) is 1. The SMILES string of the molecule is Fc1ccc2c(c1)C(NCc1ccc3c(c1)OCCO3)CCS2. The third kappa shape index (κ3) is 3.16. The van der Waals surface area contributed by atoms with Crippen molar-refractivity contribution in [1.29, 1.82) is 0 Å². The van der Waals surface area contributed by atoms with Crippen LogP contribution in [0.3, 0.4) is 0 Å². The number of hydrogen-bond donors (Lipinski definition) is 1. The van der Waals surface area contributed by atoms with Crippen molar-refractivity contribution < 1.29 is 13.9 Å². The summed E-state index contributed by atoms with van der Waals surface area (Å²) in [6, 6.07) is 11.3. The number of benzene rings is 2. The fourth-order valence-electron chi connectivity index (χ4n) is 3.02. The first kappa shape index (κ1) is 14.8. The molecule has 4 rings (SSSR count). The lowest BCUT2D eigenvalue weighted by atomic mass is 10.0. The first-order valence-electron chi connectivity index (χ1n) is 7.84. The van der Waals surface area contributed by atoms with Crippen molar-refractivity contribution in [3.05, 3.63) is 53.3 Å². The Morgan fingerprint density at radius 2 is 1.96 bits per heavy atom. The molecule has 1 atom stereocenters. The normalized spacial score (nSPS) is 19.3. The zero-order valence-corrected chi connectivity index (χ0v) is 13.5. The molecule has 3 nitrogen and oxygen atoms in total. The average molecular weight is 331 g/mol. The van der Waals surface area contributed by atoms with Gasteiger partial charge in [-0.25, -0.2) is 4.39 Å². The van der Waals surface area contributed by atoms with Crippen LogP contribution in [0, 0.1) is 5.82 Å². The van der Waals surface area contributed by atoms with Crippen LogP contribution in [-0.4, -0.2) is 19.0 Å². The zero-order chi connectivity index (χ0) is 15.6. The molecule has 0 spiro atoms. The van der Waals surface area contributed by atoms with E-state index in [-0.39, 0.29) is 11.9 Å². The van der Waals surface area contributed by atoms with E-state index in [1.165, 1.54) is 11.0 Å². The highest BCUT2D eigenvalue weighted by Crippen LogP contribution is 2.37. The van der Waals surface area contributed by atoms with E-state index in [1.807, 2.05) is 24.3 Å². The minimum absolute atomic E-state index is 0.169. The molecule has 0 aliphatic carbocycles. The maximum atomic E-state index is 13.6. The van der Waals surface area contributed by atoms with Gasteiger partial charge in [-0.05, 0) is 53.6 Å². The average Bonchev–Trinajstić information content (AvgIpc) is 2.59. The number of hydrogen-bond acceptors (Lipinski definition) is 4. The van der Waals surface area contributed by atoms with Crippen molar-refractivity contribution in [1.82, 2.24) is 5.32 Å². The lowest BCUT2D eigenvalue weighted by molar-refractivity contribution is 0.171. The number of halogens is 1. The van der Waals surface area contributed by atoms with Gasteiger partial charge in [-0.3, -0.25) is 0 Å². The molecule has 0 saturated carbocycles. The molecule has 0 radical (unpaired) electrons. The summed E-state index contributed by atoms with van der Waals surface area (Å²) in [6.07, 6.45) is 1.01. The van der Waals surface area contributed by atoms with Crippen LogP contribution in [0.4, 0.5) is 4.39 Å². The van der Waals surface area contributed by atoms with Gasteiger partial charge < -0.3 is 14.8 Å². The van der Waals surface area contributed by atoms with Gasteiger partial charge in [0.05, 0.1) is 0 Å². The number of rotatable bonds is 3. The Balaban J connectivity index is 1.49. The highest BCUT2D eigenvalue weighted by Gasteiger charge is 2.21. The van der Waals surface area contributed by atoms with E-state index in [2.05, 4.69) is 5.32 Å². The van der Waals surface area contributed by atoms with E-state index in [9.17, 15) is 4.39 Å². The Hall–Kier alpha value is -1.72. The monoisotopic (exact) mass is 331 g/mol. The molecule has 120 valence electrons. The maximum Gasteiger partial charge on any atom is 0.161 e. The maximum absolute atomic E-state index is 13.6. The van der Waals surface area contributed by atoms with Gasteiger partial charge in [0.15, 0.2) is 11.5 Å². The molecule has 2 aromatic carbocycles. The van der Waals surface area contributed by atoms with E-state index in [0.717, 1.165) is 41.3 Å². The highest BCUT2D eigenvalue weighted by atomic mass is 32.2. The van der Waals surface area contributed by atoms with Crippen LogP contribution in [0.1, 0.15) is 23.6 Å². The molecule has 23 heavy (non-hydrogen) atoms. The van der Waals surface area contributed by atoms with Crippen molar-refractivity contribution in [2.45, 2.75) is 23.9 Å². The summed E-state index contributed by atoms with van der Waals surface area (Å²) in [5, 5.41) is 3.55.